The Balaban J connectivity index is 1.66. The van der Waals surface area contributed by atoms with Crippen LogP contribution in [0, 0.1) is 6.92 Å². The van der Waals surface area contributed by atoms with Gasteiger partial charge in [-0.15, -0.1) is 0 Å². The number of aromatic nitrogens is 1. The van der Waals surface area contributed by atoms with Crippen LogP contribution in [0.25, 0.3) is 0 Å². The topological polar surface area (TPSA) is 88.3 Å². The Bertz CT molecular complexity index is 826. The summed E-state index contributed by atoms with van der Waals surface area (Å²) in [7, 11) is 0. The van der Waals surface area contributed by atoms with Crippen molar-refractivity contribution < 1.29 is 9.59 Å². The van der Waals surface area contributed by atoms with E-state index in [2.05, 4.69) is 17.2 Å². The van der Waals surface area contributed by atoms with Crippen LogP contribution in [0.4, 0.5) is 11.5 Å². The molecular formula is C20H24N4O2. The van der Waals surface area contributed by atoms with Crippen LogP contribution in [0.5, 0.6) is 0 Å². The van der Waals surface area contributed by atoms with Crippen LogP contribution in [0.3, 0.4) is 0 Å². The van der Waals surface area contributed by atoms with Crippen LogP contribution < -0.4 is 11.1 Å². The van der Waals surface area contributed by atoms with Crippen LogP contribution in [0.15, 0.2) is 36.5 Å². The van der Waals surface area contributed by atoms with Gasteiger partial charge in [-0.05, 0) is 61.1 Å². The second-order valence-corrected chi connectivity index (χ2v) is 6.79. The minimum Gasteiger partial charge on any atom is -0.384 e. The Kier molecular flexibility index (Phi) is 5.21. The summed E-state index contributed by atoms with van der Waals surface area (Å²) in [6.45, 7) is 4.92. The number of nitrogens with two attached hydrogens (primary N) is 1. The molecule has 1 aromatic carbocycles. The largest absolute Gasteiger partial charge is 0.384 e. The molecule has 0 bridgehead atoms. The number of anilines is 2. The molecule has 6 nitrogen and oxygen atoms in total. The molecule has 1 fully saturated rings. The van der Waals surface area contributed by atoms with Gasteiger partial charge >= 0.3 is 0 Å². The highest BCUT2D eigenvalue weighted by atomic mass is 16.2. The fraction of sp³-hybridized carbons (Fsp3) is 0.350. The van der Waals surface area contributed by atoms with Gasteiger partial charge in [-0.25, -0.2) is 4.98 Å². The average Bonchev–Trinajstić information content (AvgIpc) is 2.61. The molecule has 1 saturated heterocycles. The van der Waals surface area contributed by atoms with Gasteiger partial charge in [-0.3, -0.25) is 9.59 Å². The summed E-state index contributed by atoms with van der Waals surface area (Å²) < 4.78 is 0. The number of amides is 2. The Morgan fingerprint density at radius 1 is 1.23 bits per heavy atom. The van der Waals surface area contributed by atoms with E-state index in [0.29, 0.717) is 36.1 Å². The number of benzene rings is 1. The third-order valence-corrected chi connectivity index (χ3v) is 4.82. The SMILES string of the molecule is CC(=O)Nc1cccc(C(=O)N2CCC(c3cnc(N)cc3C)CC2)c1. The molecule has 1 aliphatic heterocycles. The molecule has 0 unspecified atom stereocenters. The molecule has 0 spiro atoms. The fourth-order valence-corrected chi connectivity index (χ4v) is 3.53. The number of pyridine rings is 1. The summed E-state index contributed by atoms with van der Waals surface area (Å²) >= 11 is 0. The van der Waals surface area contributed by atoms with E-state index in [0.717, 1.165) is 18.4 Å². The van der Waals surface area contributed by atoms with Crippen LogP contribution in [0.2, 0.25) is 0 Å². The van der Waals surface area contributed by atoms with Crippen LogP contribution >= 0.6 is 0 Å². The normalized spacial score (nSPS) is 14.9. The second kappa shape index (κ2) is 7.56. The van der Waals surface area contributed by atoms with Gasteiger partial charge in [0.2, 0.25) is 5.91 Å². The van der Waals surface area contributed by atoms with E-state index in [9.17, 15) is 9.59 Å². The molecule has 2 amide bonds. The minimum absolute atomic E-state index is 0.00260. The highest BCUT2D eigenvalue weighted by Gasteiger charge is 2.25. The summed E-state index contributed by atoms with van der Waals surface area (Å²) in [4.78, 5) is 30.1. The van der Waals surface area contributed by atoms with E-state index in [4.69, 9.17) is 5.73 Å². The van der Waals surface area contributed by atoms with Gasteiger partial charge < -0.3 is 16.0 Å². The van der Waals surface area contributed by atoms with Crippen molar-refractivity contribution in [2.24, 2.45) is 0 Å². The Labute approximate surface area is 153 Å². The van der Waals surface area contributed by atoms with Crippen molar-refractivity contribution in [1.29, 1.82) is 0 Å². The summed E-state index contributed by atoms with van der Waals surface area (Å²) in [6.07, 6.45) is 3.68. The maximum atomic E-state index is 12.8. The lowest BCUT2D eigenvalue weighted by molar-refractivity contribution is -0.114. The molecule has 26 heavy (non-hydrogen) atoms. The summed E-state index contributed by atoms with van der Waals surface area (Å²) in [5, 5.41) is 2.72. The maximum absolute atomic E-state index is 12.8. The van der Waals surface area contributed by atoms with Crippen molar-refractivity contribution >= 4 is 23.3 Å². The molecule has 6 heteroatoms. The third kappa shape index (κ3) is 4.02. The van der Waals surface area contributed by atoms with Gasteiger partial charge in [0, 0.05) is 37.5 Å². The molecule has 136 valence electrons. The van der Waals surface area contributed by atoms with E-state index in [1.807, 2.05) is 17.2 Å². The molecule has 1 aliphatic rings. The number of aryl methyl sites for hydroxylation is 1. The van der Waals surface area contributed by atoms with Gasteiger partial charge in [-0.1, -0.05) is 6.07 Å². The lowest BCUT2D eigenvalue weighted by Gasteiger charge is -2.33. The van der Waals surface area contributed by atoms with Crippen molar-refractivity contribution in [3.8, 4) is 0 Å². The predicted octanol–water partition coefficient (Wildman–Crippen LogP) is 2.95. The zero-order valence-electron chi connectivity index (χ0n) is 15.2. The quantitative estimate of drug-likeness (QED) is 0.889. The summed E-state index contributed by atoms with van der Waals surface area (Å²) in [6, 6.07) is 8.98. The molecule has 0 atom stereocenters. The monoisotopic (exact) mass is 352 g/mol. The first kappa shape index (κ1) is 17.9. The van der Waals surface area contributed by atoms with E-state index < -0.39 is 0 Å². The van der Waals surface area contributed by atoms with Gasteiger partial charge in [-0.2, -0.15) is 0 Å². The average molecular weight is 352 g/mol. The van der Waals surface area contributed by atoms with Crippen LogP contribution in [-0.4, -0.2) is 34.8 Å². The number of piperidine rings is 1. The smallest absolute Gasteiger partial charge is 0.253 e. The number of nitrogen functional groups attached to an aromatic ring is 1. The molecule has 0 saturated carbocycles. The summed E-state index contributed by atoms with van der Waals surface area (Å²) in [5.41, 5.74) is 9.35. The zero-order valence-corrected chi connectivity index (χ0v) is 15.2. The number of carbonyl (C=O) groups excluding carboxylic acids is 2. The van der Waals surface area contributed by atoms with Crippen molar-refractivity contribution in [1.82, 2.24) is 9.88 Å². The third-order valence-electron chi connectivity index (χ3n) is 4.82. The van der Waals surface area contributed by atoms with Crippen LogP contribution in [-0.2, 0) is 4.79 Å². The van der Waals surface area contributed by atoms with Crippen LogP contribution in [0.1, 0.15) is 47.2 Å². The molecule has 0 radical (unpaired) electrons. The molecule has 0 aliphatic carbocycles. The number of hydrogen-bond donors (Lipinski definition) is 2. The first-order chi connectivity index (χ1) is 12.4. The molecular weight excluding hydrogens is 328 g/mol. The minimum atomic E-state index is -0.150. The number of hydrogen-bond acceptors (Lipinski definition) is 4. The predicted molar refractivity (Wildman–Crippen MR) is 102 cm³/mol. The second-order valence-electron chi connectivity index (χ2n) is 6.79. The number of carbonyl (C=O) groups is 2. The first-order valence-corrected chi connectivity index (χ1v) is 8.83. The molecule has 3 N–H and O–H groups in total. The number of nitrogens with zero attached hydrogens (tertiary/aromatic N) is 2. The van der Waals surface area contributed by atoms with E-state index >= 15 is 0 Å². The van der Waals surface area contributed by atoms with Crippen molar-refractivity contribution in [2.75, 3.05) is 24.1 Å². The standard InChI is InChI=1S/C20H24N4O2/c1-13-10-19(21)22-12-18(13)15-6-8-24(9-7-15)20(26)16-4-3-5-17(11-16)23-14(2)25/h3-5,10-12,15H,6-9H2,1-2H3,(H2,21,22)(H,23,25). The Hall–Kier alpha value is -2.89. The Morgan fingerprint density at radius 3 is 2.62 bits per heavy atom. The Morgan fingerprint density at radius 2 is 1.96 bits per heavy atom. The van der Waals surface area contributed by atoms with Gasteiger partial charge in [0.05, 0.1) is 0 Å². The lowest BCUT2D eigenvalue weighted by atomic mass is 9.88. The number of rotatable bonds is 3. The highest BCUT2D eigenvalue weighted by molar-refractivity contribution is 5.96. The summed E-state index contributed by atoms with van der Waals surface area (Å²) in [5.74, 6) is 0.793. The van der Waals surface area contributed by atoms with Gasteiger partial charge in [0.25, 0.3) is 5.91 Å². The van der Waals surface area contributed by atoms with Crippen molar-refractivity contribution in [3.05, 3.63) is 53.2 Å². The fourth-order valence-electron chi connectivity index (χ4n) is 3.53. The number of nitrogens with one attached hydrogen (secondary N) is 1. The number of likely N-dealkylation sites (tertiary alicyclic amines) is 1. The molecule has 1 aromatic heterocycles. The maximum Gasteiger partial charge on any atom is 0.253 e. The van der Waals surface area contributed by atoms with E-state index in [1.54, 1.807) is 24.3 Å². The molecule has 2 aromatic rings. The van der Waals surface area contributed by atoms with Gasteiger partial charge in [0.15, 0.2) is 0 Å². The lowest BCUT2D eigenvalue weighted by Crippen LogP contribution is -2.38. The molecule has 3 rings (SSSR count). The van der Waals surface area contributed by atoms with E-state index in [-0.39, 0.29) is 11.8 Å². The molecule has 2 heterocycles. The van der Waals surface area contributed by atoms with Crippen molar-refractivity contribution in [3.63, 3.8) is 0 Å². The van der Waals surface area contributed by atoms with Crippen molar-refractivity contribution in [2.45, 2.75) is 32.6 Å². The zero-order chi connectivity index (χ0) is 18.7. The highest BCUT2D eigenvalue weighted by Crippen LogP contribution is 2.31. The van der Waals surface area contributed by atoms with E-state index in [1.165, 1.54) is 12.5 Å². The first-order valence-electron chi connectivity index (χ1n) is 8.83. The van der Waals surface area contributed by atoms with Gasteiger partial charge in [0.1, 0.15) is 5.82 Å².